The Balaban J connectivity index is 5.18. The number of unbranched alkanes of at least 4 members (excludes halogenated alkanes) is 3. The minimum absolute atomic E-state index is 0.0533. The summed E-state index contributed by atoms with van der Waals surface area (Å²) >= 11 is -2.20. The van der Waals surface area contributed by atoms with Crippen LogP contribution in [-0.4, -0.2) is 37.9 Å². The second-order valence-electron chi connectivity index (χ2n) is 7.05. The van der Waals surface area contributed by atoms with Gasteiger partial charge in [0.25, 0.3) is 0 Å². The molecule has 0 fully saturated rings. The van der Waals surface area contributed by atoms with E-state index in [0.717, 1.165) is 19.6 Å². The first-order chi connectivity index (χ1) is 11.6. The van der Waals surface area contributed by atoms with Gasteiger partial charge in [-0.15, -0.1) is 0 Å². The molecule has 0 amide bonds. The van der Waals surface area contributed by atoms with Crippen LogP contribution in [0.25, 0.3) is 0 Å². The molecule has 0 aromatic carbocycles. The molecule has 0 rings (SSSR count). The minimum atomic E-state index is -2.20. The Hall–Kier alpha value is 0.459. The maximum atomic E-state index is 5.75. The molecule has 2 nitrogen and oxygen atoms in total. The SMILES string of the molecule is CCC[CH2][Sn]([CH2]CCC)([CH2]CCC)/[C](C)=C/CC(OCC)OCC. The molecule has 0 saturated carbocycles. The van der Waals surface area contributed by atoms with Crippen LogP contribution < -0.4 is 0 Å². The van der Waals surface area contributed by atoms with E-state index in [1.807, 2.05) is 0 Å². The number of rotatable bonds is 16. The van der Waals surface area contributed by atoms with Crippen LogP contribution in [0.15, 0.2) is 9.67 Å². The van der Waals surface area contributed by atoms with Gasteiger partial charge in [-0.2, -0.15) is 0 Å². The molecule has 0 bridgehead atoms. The monoisotopic (exact) mass is 448 g/mol. The standard InChI is InChI=1S/C9H17O2.3C4H9.Sn/c1-4-7-8-9(10-5-2)11-6-3;3*1-3-4-2;/h7,9H,5-6,8H2,1-3H3;3*1,3-4H2,2H3;. The first-order valence-electron chi connectivity index (χ1n) is 10.5. The van der Waals surface area contributed by atoms with E-state index in [1.165, 1.54) is 38.5 Å². The summed E-state index contributed by atoms with van der Waals surface area (Å²) in [6.07, 6.45) is 11.7. The van der Waals surface area contributed by atoms with Gasteiger partial charge in [0.1, 0.15) is 0 Å². The predicted molar refractivity (Wildman–Crippen MR) is 110 cm³/mol. The molecular weight excluding hydrogens is 403 g/mol. The normalized spacial score (nSPS) is 13.0. The first kappa shape index (κ1) is 24.5. The van der Waals surface area contributed by atoms with Gasteiger partial charge in [-0.3, -0.25) is 0 Å². The second-order valence-corrected chi connectivity index (χ2v) is 20.9. The summed E-state index contributed by atoms with van der Waals surface area (Å²) in [6, 6.07) is 0. The molecular formula is C21H44O2Sn. The van der Waals surface area contributed by atoms with E-state index < -0.39 is 18.4 Å². The van der Waals surface area contributed by atoms with Crippen LogP contribution in [0.3, 0.4) is 0 Å². The molecule has 0 saturated heterocycles. The molecule has 0 aromatic heterocycles. The Morgan fingerprint density at radius 1 is 0.792 bits per heavy atom. The molecule has 0 aromatic rings. The van der Waals surface area contributed by atoms with E-state index in [-0.39, 0.29) is 6.29 Å². The summed E-state index contributed by atoms with van der Waals surface area (Å²) in [6.45, 7) is 15.0. The maximum absolute atomic E-state index is 5.75. The van der Waals surface area contributed by atoms with Crippen LogP contribution in [-0.2, 0) is 9.47 Å². The van der Waals surface area contributed by atoms with Gasteiger partial charge in [0, 0.05) is 0 Å². The molecule has 0 heterocycles. The van der Waals surface area contributed by atoms with Crippen molar-refractivity contribution in [3.63, 3.8) is 0 Å². The van der Waals surface area contributed by atoms with E-state index in [1.54, 1.807) is 16.9 Å². The third-order valence-electron chi connectivity index (χ3n) is 5.18. The molecule has 0 unspecified atom stereocenters. The van der Waals surface area contributed by atoms with Crippen molar-refractivity contribution in [3.05, 3.63) is 9.67 Å². The van der Waals surface area contributed by atoms with E-state index in [2.05, 4.69) is 47.6 Å². The summed E-state index contributed by atoms with van der Waals surface area (Å²) in [4.78, 5) is 0. The third-order valence-corrected chi connectivity index (χ3v) is 21.8. The van der Waals surface area contributed by atoms with Crippen LogP contribution in [0.5, 0.6) is 0 Å². The number of ether oxygens (including phenoxy) is 2. The average molecular weight is 447 g/mol. The zero-order valence-electron chi connectivity index (χ0n) is 17.5. The zero-order chi connectivity index (χ0) is 18.3. The topological polar surface area (TPSA) is 18.5 Å². The van der Waals surface area contributed by atoms with Crippen molar-refractivity contribution >= 4 is 18.4 Å². The van der Waals surface area contributed by atoms with Crippen molar-refractivity contribution in [1.29, 1.82) is 0 Å². The van der Waals surface area contributed by atoms with E-state index >= 15 is 0 Å². The molecule has 0 aliphatic rings. The Morgan fingerprint density at radius 3 is 1.54 bits per heavy atom. The van der Waals surface area contributed by atoms with Crippen molar-refractivity contribution in [3.8, 4) is 0 Å². The molecule has 24 heavy (non-hydrogen) atoms. The van der Waals surface area contributed by atoms with Crippen molar-refractivity contribution in [1.82, 2.24) is 0 Å². The van der Waals surface area contributed by atoms with Crippen molar-refractivity contribution in [2.45, 2.75) is 106 Å². The van der Waals surface area contributed by atoms with Gasteiger partial charge >= 0.3 is 157 Å². The van der Waals surface area contributed by atoms with Crippen LogP contribution in [0.2, 0.25) is 13.3 Å². The van der Waals surface area contributed by atoms with Crippen LogP contribution in [0, 0.1) is 0 Å². The van der Waals surface area contributed by atoms with Gasteiger partial charge in [-0.25, -0.2) is 0 Å². The van der Waals surface area contributed by atoms with Gasteiger partial charge in [0.2, 0.25) is 0 Å². The Bertz CT molecular complexity index is 287. The number of allylic oxidation sites excluding steroid dienone is 1. The fourth-order valence-electron chi connectivity index (χ4n) is 3.56. The first-order valence-corrected chi connectivity index (χ1v) is 18.0. The quantitative estimate of drug-likeness (QED) is 0.185. The fraction of sp³-hybridized carbons (Fsp3) is 0.905. The average Bonchev–Trinajstić information content (AvgIpc) is 2.59. The fourth-order valence-corrected chi connectivity index (χ4v) is 19.5. The molecule has 0 radical (unpaired) electrons. The van der Waals surface area contributed by atoms with Gasteiger partial charge in [0.05, 0.1) is 0 Å². The number of hydrogen-bond donors (Lipinski definition) is 0. The molecule has 144 valence electrons. The zero-order valence-corrected chi connectivity index (χ0v) is 20.3. The van der Waals surface area contributed by atoms with Crippen LogP contribution >= 0.6 is 0 Å². The van der Waals surface area contributed by atoms with Gasteiger partial charge in [0.15, 0.2) is 0 Å². The summed E-state index contributed by atoms with van der Waals surface area (Å²) in [5.41, 5.74) is 0. The van der Waals surface area contributed by atoms with Crippen molar-refractivity contribution in [2.24, 2.45) is 0 Å². The van der Waals surface area contributed by atoms with Gasteiger partial charge in [-0.1, -0.05) is 0 Å². The predicted octanol–water partition coefficient (Wildman–Crippen LogP) is 7.11. The van der Waals surface area contributed by atoms with E-state index in [9.17, 15) is 0 Å². The third kappa shape index (κ3) is 9.82. The summed E-state index contributed by atoms with van der Waals surface area (Å²) in [5, 5.41) is 0. The summed E-state index contributed by atoms with van der Waals surface area (Å²) < 4.78 is 17.9. The van der Waals surface area contributed by atoms with Gasteiger partial charge < -0.3 is 0 Å². The molecule has 0 aliphatic heterocycles. The summed E-state index contributed by atoms with van der Waals surface area (Å²) in [7, 11) is 0. The second kappa shape index (κ2) is 15.7. The van der Waals surface area contributed by atoms with E-state index in [4.69, 9.17) is 9.47 Å². The Labute approximate surface area is 156 Å². The van der Waals surface area contributed by atoms with Crippen molar-refractivity contribution in [2.75, 3.05) is 13.2 Å². The van der Waals surface area contributed by atoms with E-state index in [0.29, 0.717) is 0 Å². The van der Waals surface area contributed by atoms with Crippen molar-refractivity contribution < 1.29 is 9.47 Å². The molecule has 0 N–H and O–H groups in total. The van der Waals surface area contributed by atoms with Crippen LogP contribution in [0.1, 0.15) is 86.5 Å². The number of hydrogen-bond acceptors (Lipinski definition) is 2. The Morgan fingerprint density at radius 2 is 1.21 bits per heavy atom. The molecule has 0 aliphatic carbocycles. The molecule has 3 heteroatoms. The Kier molecular flexibility index (Phi) is 16.0. The molecule has 0 atom stereocenters. The van der Waals surface area contributed by atoms with Crippen LogP contribution in [0.4, 0.5) is 0 Å². The van der Waals surface area contributed by atoms with Gasteiger partial charge in [-0.05, 0) is 0 Å². The molecule has 0 spiro atoms. The summed E-state index contributed by atoms with van der Waals surface area (Å²) in [5.74, 6) is 0.